The zero-order valence-corrected chi connectivity index (χ0v) is 16.5. The highest BCUT2D eigenvalue weighted by Crippen LogP contribution is 2.59. The molecule has 0 saturated heterocycles. The van der Waals surface area contributed by atoms with Gasteiger partial charge in [-0.25, -0.2) is 0 Å². The maximum Gasteiger partial charge on any atom is 0.193 e. The van der Waals surface area contributed by atoms with Crippen molar-refractivity contribution in [2.45, 2.75) is 19.3 Å². The first-order valence-corrected chi connectivity index (χ1v) is 10.1. The summed E-state index contributed by atoms with van der Waals surface area (Å²) in [6, 6.07) is 29.8. The normalized spacial score (nSPS) is 14.9. The van der Waals surface area contributed by atoms with Gasteiger partial charge in [0.2, 0.25) is 0 Å². The lowest BCUT2D eigenvalue weighted by molar-refractivity contribution is 0.103. The number of benzene rings is 4. The quantitative estimate of drug-likeness (QED) is 0.310. The molecular formula is C28H20O. The fraction of sp³-hybridized carbons (Fsp3) is 0.107. The number of aryl methyl sites for hydroxylation is 2. The van der Waals surface area contributed by atoms with Gasteiger partial charge < -0.3 is 0 Å². The van der Waals surface area contributed by atoms with E-state index in [4.69, 9.17) is 0 Å². The molecule has 138 valence electrons. The van der Waals surface area contributed by atoms with Crippen LogP contribution in [0.2, 0.25) is 0 Å². The van der Waals surface area contributed by atoms with Crippen molar-refractivity contribution in [3.63, 3.8) is 0 Å². The Morgan fingerprint density at radius 1 is 0.517 bits per heavy atom. The van der Waals surface area contributed by atoms with E-state index < -0.39 is 5.41 Å². The number of carbonyl (C=O) groups is 1. The molecule has 1 heteroatoms. The minimum atomic E-state index is -0.455. The van der Waals surface area contributed by atoms with E-state index >= 15 is 0 Å². The van der Waals surface area contributed by atoms with Gasteiger partial charge in [-0.3, -0.25) is 4.79 Å². The average molecular weight is 372 g/mol. The summed E-state index contributed by atoms with van der Waals surface area (Å²) in [7, 11) is 0. The first-order chi connectivity index (χ1) is 14.1. The van der Waals surface area contributed by atoms with Gasteiger partial charge in [-0.05, 0) is 47.2 Å². The predicted octanol–water partition coefficient (Wildman–Crippen LogP) is 6.21. The van der Waals surface area contributed by atoms with Crippen molar-refractivity contribution in [2.24, 2.45) is 0 Å². The molecule has 0 aliphatic heterocycles. The van der Waals surface area contributed by atoms with Crippen molar-refractivity contribution in [1.29, 1.82) is 0 Å². The molecule has 0 bridgehead atoms. The van der Waals surface area contributed by atoms with Gasteiger partial charge in [0.05, 0.1) is 5.41 Å². The highest BCUT2D eigenvalue weighted by atomic mass is 16.1. The van der Waals surface area contributed by atoms with Crippen molar-refractivity contribution >= 4 is 5.78 Å². The molecule has 2 aliphatic carbocycles. The molecule has 0 saturated carbocycles. The SMILES string of the molecule is Cc1ccc2c(c1)C1(c3ccccc3C(=O)c3ccccc31)c1cc(C)ccc1-2. The third-order valence-corrected chi connectivity index (χ3v) is 6.60. The van der Waals surface area contributed by atoms with Crippen molar-refractivity contribution in [2.75, 3.05) is 0 Å². The highest BCUT2D eigenvalue weighted by molar-refractivity contribution is 6.14. The molecule has 6 rings (SSSR count). The van der Waals surface area contributed by atoms with Crippen LogP contribution in [0.4, 0.5) is 0 Å². The molecule has 1 nitrogen and oxygen atoms in total. The van der Waals surface area contributed by atoms with Gasteiger partial charge in [-0.1, -0.05) is 96.1 Å². The maximum absolute atomic E-state index is 13.4. The van der Waals surface area contributed by atoms with Crippen LogP contribution in [0.25, 0.3) is 11.1 Å². The van der Waals surface area contributed by atoms with Gasteiger partial charge in [-0.2, -0.15) is 0 Å². The molecule has 2 aliphatic rings. The van der Waals surface area contributed by atoms with Gasteiger partial charge in [0.25, 0.3) is 0 Å². The van der Waals surface area contributed by atoms with Crippen molar-refractivity contribution in [3.05, 3.63) is 129 Å². The number of rotatable bonds is 0. The average Bonchev–Trinajstić information content (AvgIpc) is 3.02. The molecule has 0 heterocycles. The molecule has 0 radical (unpaired) electrons. The molecule has 0 amide bonds. The van der Waals surface area contributed by atoms with Crippen molar-refractivity contribution in [3.8, 4) is 11.1 Å². The van der Waals surface area contributed by atoms with Crippen LogP contribution in [0.1, 0.15) is 49.3 Å². The van der Waals surface area contributed by atoms with Crippen LogP contribution < -0.4 is 0 Å². The van der Waals surface area contributed by atoms with Gasteiger partial charge in [-0.15, -0.1) is 0 Å². The molecular weight excluding hydrogens is 352 g/mol. The summed E-state index contributed by atoms with van der Waals surface area (Å²) in [6.07, 6.45) is 0. The van der Waals surface area contributed by atoms with Crippen LogP contribution in [0.3, 0.4) is 0 Å². The monoisotopic (exact) mass is 372 g/mol. The fourth-order valence-corrected chi connectivity index (χ4v) is 5.44. The molecule has 1 spiro atoms. The Labute approximate surface area is 170 Å². The molecule has 0 N–H and O–H groups in total. The number of hydrogen-bond donors (Lipinski definition) is 0. The van der Waals surface area contributed by atoms with E-state index in [1.54, 1.807) is 0 Å². The summed E-state index contributed by atoms with van der Waals surface area (Å²) >= 11 is 0. The van der Waals surface area contributed by atoms with Crippen molar-refractivity contribution < 1.29 is 4.79 Å². The molecule has 0 atom stereocenters. The van der Waals surface area contributed by atoms with Crippen LogP contribution in [-0.2, 0) is 5.41 Å². The van der Waals surface area contributed by atoms with E-state index in [0.717, 1.165) is 22.3 Å². The van der Waals surface area contributed by atoms with Crippen molar-refractivity contribution in [1.82, 2.24) is 0 Å². The topological polar surface area (TPSA) is 17.1 Å². The van der Waals surface area contributed by atoms with Crippen LogP contribution in [-0.4, -0.2) is 5.78 Å². The van der Waals surface area contributed by atoms with E-state index in [9.17, 15) is 4.79 Å². The predicted molar refractivity (Wildman–Crippen MR) is 117 cm³/mol. The summed E-state index contributed by atoms with van der Waals surface area (Å²) in [6.45, 7) is 4.29. The molecule has 29 heavy (non-hydrogen) atoms. The van der Waals surface area contributed by atoms with E-state index in [2.05, 4.69) is 74.5 Å². The van der Waals surface area contributed by atoms with E-state index in [-0.39, 0.29) is 5.78 Å². The van der Waals surface area contributed by atoms with E-state index in [1.807, 2.05) is 24.3 Å². The molecule has 0 unspecified atom stereocenters. The largest absolute Gasteiger partial charge is 0.289 e. The summed E-state index contributed by atoms with van der Waals surface area (Å²) in [5.74, 6) is 0.122. The van der Waals surface area contributed by atoms with Crippen LogP contribution in [0.5, 0.6) is 0 Å². The number of hydrogen-bond acceptors (Lipinski definition) is 1. The minimum absolute atomic E-state index is 0.122. The molecule has 4 aromatic carbocycles. The number of fused-ring (bicyclic) bond motifs is 9. The smallest absolute Gasteiger partial charge is 0.193 e. The summed E-state index contributed by atoms with van der Waals surface area (Å²) in [4.78, 5) is 13.4. The van der Waals surface area contributed by atoms with Crippen LogP contribution >= 0.6 is 0 Å². The first-order valence-electron chi connectivity index (χ1n) is 10.1. The lowest BCUT2D eigenvalue weighted by Gasteiger charge is -2.39. The zero-order valence-electron chi connectivity index (χ0n) is 16.5. The third kappa shape index (κ3) is 1.92. The number of ketones is 1. The van der Waals surface area contributed by atoms with Gasteiger partial charge in [0.1, 0.15) is 0 Å². The lowest BCUT2D eigenvalue weighted by Crippen LogP contribution is -2.36. The lowest BCUT2D eigenvalue weighted by atomic mass is 9.61. The first kappa shape index (κ1) is 16.5. The Hall–Kier alpha value is -3.45. The van der Waals surface area contributed by atoms with Crippen LogP contribution in [0, 0.1) is 13.8 Å². The van der Waals surface area contributed by atoms with E-state index in [0.29, 0.717) is 0 Å². The van der Waals surface area contributed by atoms with E-state index in [1.165, 1.54) is 33.4 Å². The maximum atomic E-state index is 13.4. The Bertz CT molecular complexity index is 1240. The number of carbonyl (C=O) groups excluding carboxylic acids is 1. The Morgan fingerprint density at radius 3 is 1.45 bits per heavy atom. The highest BCUT2D eigenvalue weighted by Gasteiger charge is 2.51. The summed E-state index contributed by atoms with van der Waals surface area (Å²) in [5.41, 5.74) is 10.9. The summed E-state index contributed by atoms with van der Waals surface area (Å²) < 4.78 is 0. The standard InChI is InChI=1S/C28H20O/c1-17-11-13-19-20-14-12-18(2)16-26(20)28(25(19)15-17)23-9-5-3-7-21(23)27(29)22-8-4-6-10-24(22)28/h3-16H,1-2H3. The van der Waals surface area contributed by atoms with Gasteiger partial charge >= 0.3 is 0 Å². The zero-order chi connectivity index (χ0) is 19.8. The molecule has 4 aromatic rings. The van der Waals surface area contributed by atoms with Gasteiger partial charge in [0, 0.05) is 11.1 Å². The minimum Gasteiger partial charge on any atom is -0.289 e. The molecule has 0 aromatic heterocycles. The second kappa shape index (κ2) is 5.55. The van der Waals surface area contributed by atoms with Crippen LogP contribution in [0.15, 0.2) is 84.9 Å². The second-order valence-electron chi connectivity index (χ2n) is 8.27. The Kier molecular flexibility index (Phi) is 3.16. The summed E-state index contributed by atoms with van der Waals surface area (Å²) in [5, 5.41) is 0. The van der Waals surface area contributed by atoms with Gasteiger partial charge in [0.15, 0.2) is 5.78 Å². The fourth-order valence-electron chi connectivity index (χ4n) is 5.44. The Balaban J connectivity index is 1.89. The second-order valence-corrected chi connectivity index (χ2v) is 8.27. The third-order valence-electron chi connectivity index (χ3n) is 6.60. The Morgan fingerprint density at radius 2 is 0.966 bits per heavy atom. The molecule has 0 fully saturated rings.